The van der Waals surface area contributed by atoms with Crippen molar-refractivity contribution in [3.05, 3.63) is 97.2 Å². The number of ether oxygens (including phenoxy) is 3. The molecule has 0 aliphatic heterocycles. The summed E-state index contributed by atoms with van der Waals surface area (Å²) < 4.78 is 16.8. The van der Waals surface area contributed by atoms with Gasteiger partial charge in [-0.1, -0.05) is 189 Å². The van der Waals surface area contributed by atoms with E-state index in [0.717, 1.165) is 161 Å². The summed E-state index contributed by atoms with van der Waals surface area (Å²) in [5.41, 5.74) is 0. The molecule has 0 aliphatic rings. The first-order valence-corrected chi connectivity index (χ1v) is 25.7. The lowest BCUT2D eigenvalue weighted by Crippen LogP contribution is -2.30. The monoisotopic (exact) mass is 875 g/mol. The van der Waals surface area contributed by atoms with Crippen LogP contribution in [-0.2, 0) is 28.6 Å². The summed E-state index contributed by atoms with van der Waals surface area (Å²) in [6.07, 6.45) is 66.7. The van der Waals surface area contributed by atoms with Crippen molar-refractivity contribution >= 4 is 17.9 Å². The van der Waals surface area contributed by atoms with E-state index in [1.165, 1.54) is 25.7 Å². The van der Waals surface area contributed by atoms with E-state index in [0.29, 0.717) is 19.3 Å². The SMILES string of the molecule is CC/C=C\C/C=C\C/C=C\CCCCCCCC(=O)OCC(COC(=O)CCCCCCC/C=C\C/C=C\CCCCC)OC(=O)CCCCCCC/C=C\C/C=C\C/C=C\CC. The zero-order valence-corrected chi connectivity index (χ0v) is 40.8. The highest BCUT2D eigenvalue weighted by Crippen LogP contribution is 2.13. The van der Waals surface area contributed by atoms with Gasteiger partial charge in [0.1, 0.15) is 13.2 Å². The first kappa shape index (κ1) is 59.3. The highest BCUT2D eigenvalue weighted by Gasteiger charge is 2.19. The van der Waals surface area contributed by atoms with Gasteiger partial charge >= 0.3 is 17.9 Å². The summed E-state index contributed by atoms with van der Waals surface area (Å²) in [5, 5.41) is 0. The maximum Gasteiger partial charge on any atom is 0.306 e. The molecule has 0 aromatic carbocycles. The van der Waals surface area contributed by atoms with Crippen molar-refractivity contribution in [1.82, 2.24) is 0 Å². The molecule has 0 radical (unpaired) electrons. The number of carbonyl (C=O) groups is 3. The average Bonchev–Trinajstić information content (AvgIpc) is 3.28. The summed E-state index contributed by atoms with van der Waals surface area (Å²) in [7, 11) is 0. The Balaban J connectivity index is 4.48. The van der Waals surface area contributed by atoms with E-state index in [9.17, 15) is 14.4 Å². The summed E-state index contributed by atoms with van der Waals surface area (Å²) in [4.78, 5) is 38.0. The van der Waals surface area contributed by atoms with Gasteiger partial charge < -0.3 is 14.2 Å². The quantitative estimate of drug-likeness (QED) is 0.0262. The van der Waals surface area contributed by atoms with E-state index in [1.54, 1.807) is 0 Å². The van der Waals surface area contributed by atoms with E-state index < -0.39 is 6.10 Å². The van der Waals surface area contributed by atoms with Crippen molar-refractivity contribution < 1.29 is 28.6 Å². The van der Waals surface area contributed by atoms with Gasteiger partial charge in [-0.25, -0.2) is 0 Å². The Bertz CT molecular complexity index is 1280. The zero-order valence-electron chi connectivity index (χ0n) is 40.8. The minimum Gasteiger partial charge on any atom is -0.462 e. The minimum absolute atomic E-state index is 0.0988. The second kappa shape index (κ2) is 51.0. The van der Waals surface area contributed by atoms with Crippen LogP contribution < -0.4 is 0 Å². The fourth-order valence-corrected chi connectivity index (χ4v) is 6.73. The lowest BCUT2D eigenvalue weighted by atomic mass is 10.1. The molecule has 358 valence electrons. The van der Waals surface area contributed by atoms with Crippen LogP contribution in [0.2, 0.25) is 0 Å². The fourth-order valence-electron chi connectivity index (χ4n) is 6.73. The Morgan fingerprint density at radius 2 is 0.619 bits per heavy atom. The predicted octanol–water partition coefficient (Wildman–Crippen LogP) is 17.0. The second-order valence-electron chi connectivity index (χ2n) is 16.7. The molecule has 0 saturated carbocycles. The highest BCUT2D eigenvalue weighted by atomic mass is 16.6. The third-order valence-electron chi connectivity index (χ3n) is 10.6. The van der Waals surface area contributed by atoms with Gasteiger partial charge in [0.25, 0.3) is 0 Å². The Morgan fingerprint density at radius 1 is 0.333 bits per heavy atom. The summed E-state index contributed by atoms with van der Waals surface area (Å²) in [6.45, 7) is 6.34. The van der Waals surface area contributed by atoms with Crippen LogP contribution in [0.4, 0.5) is 0 Å². The molecule has 0 aromatic heterocycles. The lowest BCUT2D eigenvalue weighted by Gasteiger charge is -2.18. The van der Waals surface area contributed by atoms with Crippen LogP contribution in [-0.4, -0.2) is 37.2 Å². The molecule has 0 saturated heterocycles. The number of carbonyl (C=O) groups excluding carboxylic acids is 3. The molecule has 0 heterocycles. The molecule has 63 heavy (non-hydrogen) atoms. The largest absolute Gasteiger partial charge is 0.462 e. The van der Waals surface area contributed by atoms with Crippen molar-refractivity contribution in [2.24, 2.45) is 0 Å². The third kappa shape index (κ3) is 49.2. The van der Waals surface area contributed by atoms with Gasteiger partial charge in [-0.15, -0.1) is 0 Å². The molecule has 0 aliphatic carbocycles. The second-order valence-corrected chi connectivity index (χ2v) is 16.7. The molecule has 0 N–H and O–H groups in total. The predicted molar refractivity (Wildman–Crippen MR) is 270 cm³/mol. The number of esters is 3. The zero-order chi connectivity index (χ0) is 45.8. The van der Waals surface area contributed by atoms with Gasteiger partial charge in [-0.3, -0.25) is 14.4 Å². The van der Waals surface area contributed by atoms with E-state index in [-0.39, 0.29) is 31.1 Å². The van der Waals surface area contributed by atoms with E-state index >= 15 is 0 Å². The van der Waals surface area contributed by atoms with Gasteiger partial charge in [-0.2, -0.15) is 0 Å². The molecule has 1 atom stereocenters. The molecule has 0 bridgehead atoms. The van der Waals surface area contributed by atoms with Crippen molar-refractivity contribution in [3.63, 3.8) is 0 Å². The summed E-state index contributed by atoms with van der Waals surface area (Å²) in [5.74, 6) is -0.949. The lowest BCUT2D eigenvalue weighted by molar-refractivity contribution is -0.167. The molecular weight excluding hydrogens is 781 g/mol. The standard InChI is InChI=1S/C57H94O6/c1-4-7-10-13-16-19-22-25-28-31-34-37-40-43-46-49-55(58)61-52-54(63-57(60)51-48-45-42-39-36-33-30-27-24-21-18-15-12-9-6-3)53-62-56(59)50-47-44-41-38-35-32-29-26-23-20-17-14-11-8-5-2/h7,9-10,12,16-21,25-30,54H,4-6,8,11,13-15,22-24,31-53H2,1-3H3/b10-7-,12-9-,19-16-,20-17-,21-18-,28-25-,29-26-,30-27-. The molecule has 0 spiro atoms. The van der Waals surface area contributed by atoms with Crippen molar-refractivity contribution in [2.75, 3.05) is 13.2 Å². The average molecular weight is 875 g/mol. The van der Waals surface area contributed by atoms with Gasteiger partial charge in [-0.05, 0) is 116 Å². The van der Waals surface area contributed by atoms with E-state index in [4.69, 9.17) is 14.2 Å². The smallest absolute Gasteiger partial charge is 0.306 e. The van der Waals surface area contributed by atoms with Crippen LogP contribution in [0.15, 0.2) is 97.2 Å². The summed E-state index contributed by atoms with van der Waals surface area (Å²) in [6, 6.07) is 0. The molecule has 6 heteroatoms. The first-order chi connectivity index (χ1) is 31.0. The molecule has 0 rings (SSSR count). The molecule has 0 fully saturated rings. The van der Waals surface area contributed by atoms with Gasteiger partial charge in [0.2, 0.25) is 0 Å². The van der Waals surface area contributed by atoms with Crippen LogP contribution in [0, 0.1) is 0 Å². The van der Waals surface area contributed by atoms with Crippen LogP contribution in [0.5, 0.6) is 0 Å². The highest BCUT2D eigenvalue weighted by molar-refractivity contribution is 5.71. The van der Waals surface area contributed by atoms with Crippen LogP contribution in [0.25, 0.3) is 0 Å². The Labute approximate surface area is 387 Å². The Morgan fingerprint density at radius 3 is 0.968 bits per heavy atom. The molecular formula is C57H94O6. The number of unbranched alkanes of at least 4 members (excludes halogenated alkanes) is 18. The molecule has 0 aromatic rings. The molecule has 1 unspecified atom stereocenters. The molecule has 6 nitrogen and oxygen atoms in total. The number of rotatable bonds is 45. The van der Waals surface area contributed by atoms with Crippen molar-refractivity contribution in [3.8, 4) is 0 Å². The number of hydrogen-bond donors (Lipinski definition) is 0. The normalized spacial score (nSPS) is 12.9. The Hall–Kier alpha value is -3.67. The van der Waals surface area contributed by atoms with E-state index in [1.807, 2.05) is 0 Å². The first-order valence-electron chi connectivity index (χ1n) is 25.7. The van der Waals surface area contributed by atoms with Gasteiger partial charge in [0, 0.05) is 19.3 Å². The maximum atomic E-state index is 12.8. The van der Waals surface area contributed by atoms with Crippen LogP contribution in [0.3, 0.4) is 0 Å². The van der Waals surface area contributed by atoms with Crippen LogP contribution >= 0.6 is 0 Å². The summed E-state index contributed by atoms with van der Waals surface area (Å²) >= 11 is 0. The van der Waals surface area contributed by atoms with Gasteiger partial charge in [0.05, 0.1) is 0 Å². The molecule has 0 amide bonds. The van der Waals surface area contributed by atoms with Crippen molar-refractivity contribution in [1.29, 1.82) is 0 Å². The Kier molecular flexibility index (Phi) is 48.0. The van der Waals surface area contributed by atoms with Crippen molar-refractivity contribution in [2.45, 2.75) is 232 Å². The third-order valence-corrected chi connectivity index (χ3v) is 10.6. The van der Waals surface area contributed by atoms with E-state index in [2.05, 4.69) is 118 Å². The topological polar surface area (TPSA) is 78.9 Å². The number of allylic oxidation sites excluding steroid dienone is 16. The van der Waals surface area contributed by atoms with Gasteiger partial charge in [0.15, 0.2) is 6.10 Å². The maximum absolute atomic E-state index is 12.8. The minimum atomic E-state index is -0.800. The fraction of sp³-hybridized carbons (Fsp3) is 0.667. The van der Waals surface area contributed by atoms with Crippen LogP contribution in [0.1, 0.15) is 226 Å². The number of hydrogen-bond acceptors (Lipinski definition) is 6.